The number of anilines is 2. The van der Waals surface area contributed by atoms with Crippen molar-refractivity contribution >= 4 is 40.8 Å². The van der Waals surface area contributed by atoms with Crippen LogP contribution in [0.4, 0.5) is 11.5 Å². The molecule has 0 saturated carbocycles. The fourth-order valence-corrected chi connectivity index (χ4v) is 2.08. The zero-order valence-electron chi connectivity index (χ0n) is 9.92. The zero-order chi connectivity index (χ0) is 13.8. The van der Waals surface area contributed by atoms with Gasteiger partial charge in [0.2, 0.25) is 0 Å². The summed E-state index contributed by atoms with van der Waals surface area (Å²) in [4.78, 5) is 16.4. The van der Waals surface area contributed by atoms with E-state index in [2.05, 4.69) is 20.5 Å². The Labute approximate surface area is 118 Å². The van der Waals surface area contributed by atoms with E-state index in [9.17, 15) is 4.79 Å². The van der Waals surface area contributed by atoms with Gasteiger partial charge in [-0.05, 0) is 18.4 Å². The summed E-state index contributed by atoms with van der Waals surface area (Å²) in [5.41, 5.74) is 5.63. The van der Waals surface area contributed by atoms with Gasteiger partial charge < -0.3 is 11.1 Å². The number of rotatable bonds is 4. The molecule has 8 heteroatoms. The number of carbonyl (C=O) groups is 1. The first-order chi connectivity index (χ1) is 9.11. The minimum atomic E-state index is -0.687. The molecule has 19 heavy (non-hydrogen) atoms. The van der Waals surface area contributed by atoms with Crippen LogP contribution >= 0.6 is 23.4 Å². The van der Waals surface area contributed by atoms with Gasteiger partial charge >= 0.3 is 0 Å². The second kappa shape index (κ2) is 5.85. The number of carbonyl (C=O) groups excluding carboxylic acids is 1. The normalized spacial score (nSPS) is 10.2. The maximum Gasteiger partial charge on any atom is 0.271 e. The Morgan fingerprint density at radius 1 is 1.47 bits per heavy atom. The molecule has 0 aliphatic heterocycles. The molecule has 2 aromatic rings. The fourth-order valence-electron chi connectivity index (χ4n) is 1.42. The van der Waals surface area contributed by atoms with Crippen molar-refractivity contribution in [2.24, 2.45) is 5.73 Å². The van der Waals surface area contributed by atoms with Crippen molar-refractivity contribution in [2.45, 2.75) is 4.90 Å². The van der Waals surface area contributed by atoms with Crippen LogP contribution in [0.25, 0.3) is 0 Å². The Balaban J connectivity index is 2.42. The number of hydrogen-bond donors (Lipinski definition) is 2. The predicted molar refractivity (Wildman–Crippen MR) is 74.9 cm³/mol. The van der Waals surface area contributed by atoms with Gasteiger partial charge in [-0.2, -0.15) is 0 Å². The molecule has 0 bridgehead atoms. The van der Waals surface area contributed by atoms with Gasteiger partial charge in [0.05, 0.1) is 5.69 Å². The number of nitrogens with two attached hydrogens (primary N) is 1. The van der Waals surface area contributed by atoms with E-state index < -0.39 is 5.91 Å². The van der Waals surface area contributed by atoms with Crippen LogP contribution in [-0.2, 0) is 0 Å². The molecule has 0 aromatic carbocycles. The molecule has 0 spiro atoms. The number of nitrogens with one attached hydrogen (secondary N) is 1. The predicted octanol–water partition coefficient (Wildman–Crippen LogP) is 2.09. The summed E-state index contributed by atoms with van der Waals surface area (Å²) in [7, 11) is 0. The van der Waals surface area contributed by atoms with Crippen LogP contribution in [-0.4, -0.2) is 27.3 Å². The van der Waals surface area contributed by atoms with Crippen LogP contribution < -0.4 is 11.1 Å². The lowest BCUT2D eigenvalue weighted by atomic mass is 10.3. The third kappa shape index (κ3) is 3.12. The van der Waals surface area contributed by atoms with Crippen molar-refractivity contribution in [1.82, 2.24) is 15.2 Å². The van der Waals surface area contributed by atoms with E-state index in [-0.39, 0.29) is 10.8 Å². The second-order valence-electron chi connectivity index (χ2n) is 3.47. The van der Waals surface area contributed by atoms with Crippen molar-refractivity contribution in [3.8, 4) is 0 Å². The maximum atomic E-state index is 11.3. The number of amides is 1. The lowest BCUT2D eigenvalue weighted by Gasteiger charge is -2.10. The van der Waals surface area contributed by atoms with E-state index in [0.717, 1.165) is 4.90 Å². The summed E-state index contributed by atoms with van der Waals surface area (Å²) in [6.45, 7) is 0. The summed E-state index contributed by atoms with van der Waals surface area (Å²) < 4.78 is 0. The van der Waals surface area contributed by atoms with E-state index in [1.165, 1.54) is 17.8 Å². The van der Waals surface area contributed by atoms with Gasteiger partial charge in [0.25, 0.3) is 5.91 Å². The maximum absolute atomic E-state index is 11.3. The molecule has 6 nitrogen and oxygen atoms in total. The molecule has 0 aliphatic carbocycles. The van der Waals surface area contributed by atoms with Crippen molar-refractivity contribution in [1.29, 1.82) is 0 Å². The smallest absolute Gasteiger partial charge is 0.271 e. The SMILES string of the molecule is CSc1cccnc1Nc1cc(Cl)nnc1C(N)=O. The third-order valence-electron chi connectivity index (χ3n) is 2.24. The van der Waals surface area contributed by atoms with Crippen LogP contribution in [0.15, 0.2) is 29.3 Å². The molecule has 2 aromatic heterocycles. The van der Waals surface area contributed by atoms with E-state index in [4.69, 9.17) is 17.3 Å². The van der Waals surface area contributed by atoms with Crippen molar-refractivity contribution in [2.75, 3.05) is 11.6 Å². The molecule has 2 rings (SSSR count). The van der Waals surface area contributed by atoms with Gasteiger partial charge in [0.15, 0.2) is 10.8 Å². The Morgan fingerprint density at radius 3 is 2.95 bits per heavy atom. The second-order valence-corrected chi connectivity index (χ2v) is 4.71. The summed E-state index contributed by atoms with van der Waals surface area (Å²) in [5, 5.41) is 10.4. The van der Waals surface area contributed by atoms with Gasteiger partial charge in [-0.15, -0.1) is 22.0 Å². The van der Waals surface area contributed by atoms with Gasteiger partial charge in [-0.3, -0.25) is 4.79 Å². The Hall–Kier alpha value is -1.86. The van der Waals surface area contributed by atoms with E-state index in [1.54, 1.807) is 6.20 Å². The molecular weight excluding hydrogens is 286 g/mol. The summed E-state index contributed by atoms with van der Waals surface area (Å²) in [5.74, 6) is -0.0881. The van der Waals surface area contributed by atoms with E-state index in [1.807, 2.05) is 18.4 Å². The molecule has 0 unspecified atom stereocenters. The summed E-state index contributed by atoms with van der Waals surface area (Å²) >= 11 is 7.29. The Bertz CT molecular complexity index is 622. The third-order valence-corrected chi connectivity index (χ3v) is 3.20. The van der Waals surface area contributed by atoms with Gasteiger partial charge in [-0.25, -0.2) is 4.98 Å². The molecule has 0 radical (unpaired) electrons. The highest BCUT2D eigenvalue weighted by Crippen LogP contribution is 2.27. The zero-order valence-corrected chi connectivity index (χ0v) is 11.5. The van der Waals surface area contributed by atoms with Crippen LogP contribution in [0.5, 0.6) is 0 Å². The van der Waals surface area contributed by atoms with Crippen molar-refractivity contribution in [3.05, 3.63) is 35.2 Å². The minimum Gasteiger partial charge on any atom is -0.364 e. The first-order valence-corrected chi connectivity index (χ1v) is 6.81. The lowest BCUT2D eigenvalue weighted by Crippen LogP contribution is -2.16. The quantitative estimate of drug-likeness (QED) is 0.839. The molecule has 2 heterocycles. The standard InChI is InChI=1S/C11H10ClN5OS/c1-19-7-3-2-4-14-11(7)15-6-5-8(12)16-17-9(6)10(13)18/h2-5H,1H3,(H2,13,18)(H,14,15,16). The molecule has 0 saturated heterocycles. The van der Waals surface area contributed by atoms with E-state index in [0.29, 0.717) is 11.5 Å². The van der Waals surface area contributed by atoms with Crippen LogP contribution in [0.3, 0.4) is 0 Å². The lowest BCUT2D eigenvalue weighted by molar-refractivity contribution is 0.0995. The average Bonchev–Trinajstić information content (AvgIpc) is 2.39. The Morgan fingerprint density at radius 2 is 2.26 bits per heavy atom. The van der Waals surface area contributed by atoms with Crippen LogP contribution in [0.1, 0.15) is 10.5 Å². The number of primary amides is 1. The molecule has 3 N–H and O–H groups in total. The highest BCUT2D eigenvalue weighted by Gasteiger charge is 2.13. The van der Waals surface area contributed by atoms with Crippen LogP contribution in [0, 0.1) is 0 Å². The Kier molecular flexibility index (Phi) is 4.18. The summed E-state index contributed by atoms with van der Waals surface area (Å²) in [6, 6.07) is 5.21. The van der Waals surface area contributed by atoms with Crippen LogP contribution in [0.2, 0.25) is 5.15 Å². The topological polar surface area (TPSA) is 93.8 Å². The monoisotopic (exact) mass is 295 g/mol. The number of aromatic nitrogens is 3. The molecule has 1 amide bonds. The van der Waals surface area contributed by atoms with E-state index >= 15 is 0 Å². The molecule has 0 aliphatic rings. The molecular formula is C11H10ClN5OS. The van der Waals surface area contributed by atoms with Crippen molar-refractivity contribution in [3.63, 3.8) is 0 Å². The number of pyridine rings is 1. The molecule has 98 valence electrons. The number of hydrogen-bond acceptors (Lipinski definition) is 6. The van der Waals surface area contributed by atoms with Gasteiger partial charge in [0.1, 0.15) is 5.82 Å². The highest BCUT2D eigenvalue weighted by molar-refractivity contribution is 7.98. The fraction of sp³-hybridized carbons (Fsp3) is 0.0909. The highest BCUT2D eigenvalue weighted by atomic mass is 35.5. The number of halogens is 1. The average molecular weight is 296 g/mol. The summed E-state index contributed by atoms with van der Waals surface area (Å²) in [6.07, 6.45) is 3.57. The first kappa shape index (κ1) is 13.6. The minimum absolute atomic E-state index is 0.0158. The van der Waals surface area contributed by atoms with Gasteiger partial charge in [-0.1, -0.05) is 11.6 Å². The molecule has 0 fully saturated rings. The van der Waals surface area contributed by atoms with Crippen molar-refractivity contribution < 1.29 is 4.79 Å². The molecule has 0 atom stereocenters. The van der Waals surface area contributed by atoms with Gasteiger partial charge in [0, 0.05) is 17.2 Å². The number of nitrogens with zero attached hydrogens (tertiary/aromatic N) is 3. The number of thioether (sulfide) groups is 1. The largest absolute Gasteiger partial charge is 0.364 e. The first-order valence-electron chi connectivity index (χ1n) is 5.21.